The average molecular weight is 351 g/mol. The maximum atomic E-state index is 12.3. The molecule has 0 bridgehead atoms. The van der Waals surface area contributed by atoms with E-state index in [0.29, 0.717) is 41.4 Å². The van der Waals surface area contributed by atoms with Crippen molar-refractivity contribution >= 4 is 11.8 Å². The van der Waals surface area contributed by atoms with Gasteiger partial charge in [0.1, 0.15) is 19.8 Å². The molecule has 0 amide bonds. The topological polar surface area (TPSA) is 85.6 Å². The molecule has 26 heavy (non-hydrogen) atoms. The molecule has 0 N–H and O–H groups in total. The summed E-state index contributed by atoms with van der Waals surface area (Å²) in [5, 5.41) is 9.02. The number of fused-ring (bicyclic) bond motifs is 1. The number of benzene rings is 2. The van der Waals surface area contributed by atoms with Gasteiger partial charge in [0.05, 0.1) is 18.1 Å². The number of carbonyl (C=O) groups is 2. The number of carbonyl (C=O) groups excluding carboxylic acids is 2. The van der Waals surface area contributed by atoms with E-state index in [-0.39, 0.29) is 25.2 Å². The highest BCUT2D eigenvalue weighted by atomic mass is 16.6. The minimum Gasteiger partial charge on any atom is -0.486 e. The zero-order valence-corrected chi connectivity index (χ0v) is 14.1. The van der Waals surface area contributed by atoms with Crippen LogP contribution in [0.4, 0.5) is 0 Å². The van der Waals surface area contributed by atoms with Gasteiger partial charge >= 0.3 is 5.97 Å². The molecule has 2 aromatic rings. The van der Waals surface area contributed by atoms with Gasteiger partial charge in [-0.1, -0.05) is 18.2 Å². The van der Waals surface area contributed by atoms with Crippen LogP contribution >= 0.6 is 0 Å². The Balaban J connectivity index is 1.51. The van der Waals surface area contributed by atoms with E-state index in [1.165, 1.54) is 0 Å². The molecule has 0 aromatic heterocycles. The Bertz CT molecular complexity index is 869. The van der Waals surface area contributed by atoms with Crippen molar-refractivity contribution in [3.05, 3.63) is 59.2 Å². The fourth-order valence-corrected chi connectivity index (χ4v) is 2.56. The minimum atomic E-state index is -0.483. The molecule has 0 saturated carbocycles. The van der Waals surface area contributed by atoms with Crippen LogP contribution in [0.25, 0.3) is 0 Å². The first kappa shape index (κ1) is 17.5. The van der Waals surface area contributed by atoms with E-state index < -0.39 is 5.97 Å². The Hall–Kier alpha value is -3.33. The lowest BCUT2D eigenvalue weighted by Crippen LogP contribution is -2.16. The first-order valence-corrected chi connectivity index (χ1v) is 8.24. The SMILES string of the molecule is N#Cc1ccccc1COC(=O)CCC(=O)c1ccc2c(c1)OCCO2. The van der Waals surface area contributed by atoms with E-state index in [1.54, 1.807) is 42.5 Å². The molecule has 0 saturated heterocycles. The highest BCUT2D eigenvalue weighted by molar-refractivity contribution is 5.98. The minimum absolute atomic E-state index is 0.0147. The monoisotopic (exact) mass is 351 g/mol. The highest BCUT2D eigenvalue weighted by Crippen LogP contribution is 2.31. The molecule has 0 unspecified atom stereocenters. The maximum absolute atomic E-state index is 12.3. The summed E-state index contributed by atoms with van der Waals surface area (Å²) in [7, 11) is 0. The summed E-state index contributed by atoms with van der Waals surface area (Å²) in [6.45, 7) is 0.947. The summed E-state index contributed by atoms with van der Waals surface area (Å²) in [6, 6.07) is 13.9. The second-order valence-electron chi connectivity index (χ2n) is 5.71. The van der Waals surface area contributed by atoms with Crippen LogP contribution in [0.5, 0.6) is 11.5 Å². The second-order valence-corrected chi connectivity index (χ2v) is 5.71. The summed E-state index contributed by atoms with van der Waals surface area (Å²) >= 11 is 0. The molecule has 2 aromatic carbocycles. The van der Waals surface area contributed by atoms with E-state index in [0.717, 1.165) is 0 Å². The third kappa shape index (κ3) is 4.19. The molecule has 0 spiro atoms. The van der Waals surface area contributed by atoms with Crippen LogP contribution in [0.15, 0.2) is 42.5 Å². The van der Waals surface area contributed by atoms with Crippen LogP contribution in [0.3, 0.4) is 0 Å². The van der Waals surface area contributed by atoms with Gasteiger partial charge in [0.2, 0.25) is 0 Å². The predicted octanol–water partition coefficient (Wildman–Crippen LogP) is 3.04. The Morgan fingerprint density at radius 2 is 1.81 bits per heavy atom. The van der Waals surface area contributed by atoms with E-state index in [2.05, 4.69) is 0 Å². The number of ether oxygens (including phenoxy) is 3. The van der Waals surface area contributed by atoms with Crippen LogP contribution in [-0.4, -0.2) is 25.0 Å². The number of Topliss-reactive ketones (excluding diaryl/α,β-unsaturated/α-hetero) is 1. The van der Waals surface area contributed by atoms with E-state index in [1.807, 2.05) is 6.07 Å². The molecule has 1 heterocycles. The Morgan fingerprint density at radius 1 is 1.04 bits per heavy atom. The highest BCUT2D eigenvalue weighted by Gasteiger charge is 2.16. The molecule has 0 fully saturated rings. The Morgan fingerprint density at radius 3 is 2.62 bits per heavy atom. The molecule has 6 nitrogen and oxygen atoms in total. The molecule has 0 atom stereocenters. The van der Waals surface area contributed by atoms with Crippen molar-refractivity contribution in [3.8, 4) is 17.6 Å². The summed E-state index contributed by atoms with van der Waals surface area (Å²) in [5.74, 6) is 0.501. The summed E-state index contributed by atoms with van der Waals surface area (Å²) in [4.78, 5) is 24.1. The van der Waals surface area contributed by atoms with Crippen LogP contribution in [0.1, 0.15) is 34.3 Å². The van der Waals surface area contributed by atoms with Gasteiger partial charge in [-0.05, 0) is 24.3 Å². The fraction of sp³-hybridized carbons (Fsp3) is 0.250. The van der Waals surface area contributed by atoms with Crippen molar-refractivity contribution in [2.24, 2.45) is 0 Å². The lowest BCUT2D eigenvalue weighted by molar-refractivity contribution is -0.144. The summed E-state index contributed by atoms with van der Waals surface area (Å²) in [6.07, 6.45) is 0.0143. The number of nitrogens with zero attached hydrogens (tertiary/aromatic N) is 1. The van der Waals surface area contributed by atoms with Crippen LogP contribution in [0, 0.1) is 11.3 Å². The molecular formula is C20H17NO5. The average Bonchev–Trinajstić information content (AvgIpc) is 2.70. The fourth-order valence-electron chi connectivity index (χ4n) is 2.56. The number of rotatable bonds is 6. The number of nitriles is 1. The molecule has 0 aliphatic carbocycles. The van der Waals surface area contributed by atoms with Crippen molar-refractivity contribution in [2.45, 2.75) is 19.4 Å². The van der Waals surface area contributed by atoms with Crippen molar-refractivity contribution < 1.29 is 23.8 Å². The molecule has 1 aliphatic rings. The largest absolute Gasteiger partial charge is 0.486 e. The lowest BCUT2D eigenvalue weighted by atomic mass is 10.1. The normalized spacial score (nSPS) is 12.1. The summed E-state index contributed by atoms with van der Waals surface area (Å²) < 4.78 is 16.0. The molecule has 1 aliphatic heterocycles. The van der Waals surface area contributed by atoms with Gasteiger partial charge < -0.3 is 14.2 Å². The smallest absolute Gasteiger partial charge is 0.306 e. The molecular weight excluding hydrogens is 334 g/mol. The van der Waals surface area contributed by atoms with Crippen molar-refractivity contribution in [2.75, 3.05) is 13.2 Å². The number of esters is 1. The van der Waals surface area contributed by atoms with Gasteiger partial charge in [0.25, 0.3) is 0 Å². The first-order valence-electron chi connectivity index (χ1n) is 8.24. The van der Waals surface area contributed by atoms with Gasteiger partial charge in [-0.15, -0.1) is 0 Å². The van der Waals surface area contributed by atoms with E-state index in [9.17, 15) is 9.59 Å². The quantitative estimate of drug-likeness (QED) is 0.587. The van der Waals surface area contributed by atoms with Gasteiger partial charge in [-0.3, -0.25) is 9.59 Å². The zero-order chi connectivity index (χ0) is 18.4. The number of ketones is 1. The third-order valence-electron chi connectivity index (χ3n) is 3.95. The lowest BCUT2D eigenvalue weighted by Gasteiger charge is -2.18. The van der Waals surface area contributed by atoms with E-state index >= 15 is 0 Å². The van der Waals surface area contributed by atoms with Crippen molar-refractivity contribution in [1.82, 2.24) is 0 Å². The summed E-state index contributed by atoms with van der Waals surface area (Å²) in [5.41, 5.74) is 1.58. The van der Waals surface area contributed by atoms with Crippen molar-refractivity contribution in [1.29, 1.82) is 5.26 Å². The van der Waals surface area contributed by atoms with Crippen molar-refractivity contribution in [3.63, 3.8) is 0 Å². The maximum Gasteiger partial charge on any atom is 0.306 e. The van der Waals surface area contributed by atoms with E-state index in [4.69, 9.17) is 19.5 Å². The zero-order valence-electron chi connectivity index (χ0n) is 14.1. The Labute approximate surface area is 150 Å². The molecule has 132 valence electrons. The van der Waals surface area contributed by atoms with Crippen LogP contribution < -0.4 is 9.47 Å². The van der Waals surface area contributed by atoms with Gasteiger partial charge in [0, 0.05) is 17.5 Å². The van der Waals surface area contributed by atoms with Crippen LogP contribution in [-0.2, 0) is 16.1 Å². The molecule has 6 heteroatoms. The second kappa shape index (κ2) is 8.17. The van der Waals surface area contributed by atoms with Gasteiger partial charge in [0.15, 0.2) is 17.3 Å². The standard InChI is InChI=1S/C20H17NO5/c21-12-15-3-1-2-4-16(15)13-26-20(23)8-6-17(22)14-5-7-18-19(11-14)25-10-9-24-18/h1-5,7,11H,6,8-10,13H2. The predicted molar refractivity (Wildman–Crippen MR) is 91.9 cm³/mol. The Kier molecular flexibility index (Phi) is 5.49. The number of hydrogen-bond acceptors (Lipinski definition) is 6. The molecule has 3 rings (SSSR count). The first-order chi connectivity index (χ1) is 12.7. The number of hydrogen-bond donors (Lipinski definition) is 0. The van der Waals surface area contributed by atoms with Gasteiger partial charge in [-0.2, -0.15) is 5.26 Å². The third-order valence-corrected chi connectivity index (χ3v) is 3.95. The molecule has 0 radical (unpaired) electrons. The van der Waals surface area contributed by atoms with Crippen LogP contribution in [0.2, 0.25) is 0 Å². The van der Waals surface area contributed by atoms with Gasteiger partial charge in [-0.25, -0.2) is 0 Å².